The zero-order chi connectivity index (χ0) is 17.4. The summed E-state index contributed by atoms with van der Waals surface area (Å²) >= 11 is 1.43. The van der Waals surface area contributed by atoms with E-state index in [0.29, 0.717) is 0 Å². The number of anilines is 1. The predicted molar refractivity (Wildman–Crippen MR) is 106 cm³/mol. The Bertz CT molecular complexity index is 676. The molecule has 0 spiro atoms. The van der Waals surface area contributed by atoms with Crippen LogP contribution in [0.5, 0.6) is 0 Å². The molecule has 0 aliphatic carbocycles. The average Bonchev–Trinajstić information content (AvgIpc) is 2.54. The second-order valence-electron chi connectivity index (χ2n) is 6.03. The van der Waals surface area contributed by atoms with E-state index in [1.165, 1.54) is 23.2 Å². The van der Waals surface area contributed by atoms with Gasteiger partial charge >= 0.3 is 0 Å². The molecule has 0 saturated heterocycles. The molecule has 0 bridgehead atoms. The lowest BCUT2D eigenvalue weighted by molar-refractivity contribution is 0.742. The van der Waals surface area contributed by atoms with Crippen LogP contribution >= 0.6 is 11.9 Å². The van der Waals surface area contributed by atoms with E-state index >= 15 is 0 Å². The second-order valence-corrected chi connectivity index (χ2v) is 6.84. The maximum Gasteiger partial charge on any atom is 0.121 e. The van der Waals surface area contributed by atoms with E-state index in [1.807, 2.05) is 13.1 Å². The molecule has 1 aromatic carbocycles. The van der Waals surface area contributed by atoms with Crippen LogP contribution in [-0.2, 0) is 0 Å². The summed E-state index contributed by atoms with van der Waals surface area (Å²) in [6.07, 6.45) is 4.20. The summed E-state index contributed by atoms with van der Waals surface area (Å²) < 4.78 is 4.50. The first kappa shape index (κ1) is 18.5. The lowest BCUT2D eigenvalue weighted by atomic mass is 10.2. The fraction of sp³-hybridized carbons (Fsp3) is 0.400. The minimum atomic E-state index is 0.950. The Labute approximate surface area is 150 Å². The molecule has 0 aliphatic heterocycles. The van der Waals surface area contributed by atoms with Gasteiger partial charge in [-0.05, 0) is 44.4 Å². The smallest absolute Gasteiger partial charge is 0.121 e. The highest BCUT2D eigenvalue weighted by atomic mass is 32.2. The van der Waals surface area contributed by atoms with Crippen molar-refractivity contribution in [2.24, 2.45) is 4.40 Å². The van der Waals surface area contributed by atoms with Crippen LogP contribution in [0.4, 0.5) is 5.69 Å². The van der Waals surface area contributed by atoms with Gasteiger partial charge in [-0.1, -0.05) is 43.7 Å². The number of pyridine rings is 1. The quantitative estimate of drug-likeness (QED) is 0.472. The zero-order valence-electron chi connectivity index (χ0n) is 15.1. The highest BCUT2D eigenvalue weighted by molar-refractivity contribution is 7.98. The highest BCUT2D eigenvalue weighted by Crippen LogP contribution is 2.24. The summed E-state index contributed by atoms with van der Waals surface area (Å²) in [4.78, 5) is 7.04. The summed E-state index contributed by atoms with van der Waals surface area (Å²) in [6, 6.07) is 12.7. The van der Waals surface area contributed by atoms with E-state index < -0.39 is 0 Å². The third-order valence-corrected chi connectivity index (χ3v) is 4.26. The molecule has 0 unspecified atom stereocenters. The lowest BCUT2D eigenvalue weighted by Gasteiger charge is -2.24. The number of hydrogen-bond donors (Lipinski definition) is 0. The van der Waals surface area contributed by atoms with Gasteiger partial charge in [0.1, 0.15) is 5.03 Å². The van der Waals surface area contributed by atoms with Crippen LogP contribution < -0.4 is 4.90 Å². The van der Waals surface area contributed by atoms with Crippen molar-refractivity contribution in [3.05, 3.63) is 53.2 Å². The van der Waals surface area contributed by atoms with Crippen molar-refractivity contribution in [2.45, 2.75) is 45.6 Å². The first-order valence-electron chi connectivity index (χ1n) is 8.63. The lowest BCUT2D eigenvalue weighted by Crippen LogP contribution is -2.25. The molecule has 0 N–H and O–H groups in total. The molecule has 2 aromatic rings. The molecule has 128 valence electrons. The zero-order valence-corrected chi connectivity index (χ0v) is 15.9. The Balaban J connectivity index is 2.12. The van der Waals surface area contributed by atoms with Gasteiger partial charge in [0.15, 0.2) is 0 Å². The van der Waals surface area contributed by atoms with E-state index in [2.05, 4.69) is 71.5 Å². The van der Waals surface area contributed by atoms with Crippen LogP contribution in [0.2, 0.25) is 0 Å². The van der Waals surface area contributed by atoms with Gasteiger partial charge in [0, 0.05) is 42.6 Å². The van der Waals surface area contributed by atoms with E-state index in [9.17, 15) is 0 Å². The fourth-order valence-electron chi connectivity index (χ4n) is 2.65. The molecule has 0 amide bonds. The van der Waals surface area contributed by atoms with Crippen molar-refractivity contribution in [1.82, 2.24) is 4.98 Å². The van der Waals surface area contributed by atoms with Crippen molar-refractivity contribution < 1.29 is 0 Å². The monoisotopic (exact) mass is 341 g/mol. The van der Waals surface area contributed by atoms with Gasteiger partial charge in [-0.25, -0.2) is 9.38 Å². The van der Waals surface area contributed by atoms with Crippen molar-refractivity contribution >= 4 is 23.8 Å². The summed E-state index contributed by atoms with van der Waals surface area (Å²) in [5.74, 6) is 0. The van der Waals surface area contributed by atoms with Crippen molar-refractivity contribution in [3.63, 3.8) is 0 Å². The summed E-state index contributed by atoms with van der Waals surface area (Å²) in [5, 5.41) is 0.950. The molecule has 0 fully saturated rings. The molecular weight excluding hydrogens is 314 g/mol. The van der Waals surface area contributed by atoms with Gasteiger partial charge in [-0.15, -0.1) is 0 Å². The first-order chi connectivity index (χ1) is 11.6. The van der Waals surface area contributed by atoms with Gasteiger partial charge in [0.25, 0.3) is 0 Å². The molecule has 2 rings (SSSR count). The molecule has 1 aromatic heterocycles. The number of rotatable bonds is 8. The Morgan fingerprint density at radius 3 is 2.50 bits per heavy atom. The van der Waals surface area contributed by atoms with Crippen molar-refractivity contribution in [2.75, 3.05) is 18.0 Å². The standard InChI is InChI=1S/C20H27N3S/c1-5-10-23(11-6-2)19-13-17(4)22-20(14-19)24-21-15-18-9-7-8-16(3)12-18/h7-9,12-15H,5-6,10-11H2,1-4H3. The summed E-state index contributed by atoms with van der Waals surface area (Å²) in [5.41, 5.74) is 4.65. The number of aromatic nitrogens is 1. The molecular formula is C20H27N3S. The Morgan fingerprint density at radius 1 is 1.08 bits per heavy atom. The molecule has 0 aliphatic rings. The van der Waals surface area contributed by atoms with Crippen LogP contribution in [0.3, 0.4) is 0 Å². The summed E-state index contributed by atoms with van der Waals surface area (Å²) in [6.45, 7) is 10.7. The predicted octanol–water partition coefficient (Wildman–Crippen LogP) is 5.45. The normalized spacial score (nSPS) is 11.2. The van der Waals surface area contributed by atoms with Gasteiger partial charge in [-0.3, -0.25) is 0 Å². The van der Waals surface area contributed by atoms with Crippen LogP contribution in [0.25, 0.3) is 0 Å². The number of benzene rings is 1. The Morgan fingerprint density at radius 2 is 1.83 bits per heavy atom. The van der Waals surface area contributed by atoms with Crippen LogP contribution in [-0.4, -0.2) is 24.3 Å². The van der Waals surface area contributed by atoms with Crippen LogP contribution in [0, 0.1) is 13.8 Å². The Kier molecular flexibility index (Phi) is 7.32. The van der Waals surface area contributed by atoms with E-state index in [0.717, 1.165) is 42.2 Å². The van der Waals surface area contributed by atoms with Crippen molar-refractivity contribution in [3.8, 4) is 0 Å². The minimum Gasteiger partial charge on any atom is -0.371 e. The number of hydrogen-bond acceptors (Lipinski definition) is 4. The maximum absolute atomic E-state index is 4.61. The number of aryl methyl sites for hydroxylation is 2. The van der Waals surface area contributed by atoms with Crippen molar-refractivity contribution in [1.29, 1.82) is 0 Å². The van der Waals surface area contributed by atoms with E-state index in [4.69, 9.17) is 0 Å². The first-order valence-corrected chi connectivity index (χ1v) is 9.40. The molecule has 0 atom stereocenters. The SMILES string of the molecule is CCCN(CCC)c1cc(C)nc(SN=Cc2cccc(C)c2)c1. The fourth-order valence-corrected chi connectivity index (χ4v) is 3.29. The van der Waals surface area contributed by atoms with Gasteiger partial charge in [0.05, 0.1) is 0 Å². The van der Waals surface area contributed by atoms with E-state index in [1.54, 1.807) is 0 Å². The largest absolute Gasteiger partial charge is 0.371 e. The molecule has 3 nitrogen and oxygen atoms in total. The molecule has 0 saturated carbocycles. The molecule has 1 heterocycles. The molecule has 4 heteroatoms. The van der Waals surface area contributed by atoms with Crippen LogP contribution in [0.1, 0.15) is 43.5 Å². The molecule has 24 heavy (non-hydrogen) atoms. The van der Waals surface area contributed by atoms with Crippen LogP contribution in [0.15, 0.2) is 45.8 Å². The van der Waals surface area contributed by atoms with Gasteiger partial charge in [-0.2, -0.15) is 0 Å². The van der Waals surface area contributed by atoms with Gasteiger partial charge in [0.2, 0.25) is 0 Å². The van der Waals surface area contributed by atoms with E-state index in [-0.39, 0.29) is 0 Å². The summed E-state index contributed by atoms with van der Waals surface area (Å²) in [7, 11) is 0. The third kappa shape index (κ3) is 5.68. The highest BCUT2D eigenvalue weighted by Gasteiger charge is 2.08. The topological polar surface area (TPSA) is 28.5 Å². The third-order valence-electron chi connectivity index (χ3n) is 3.66. The maximum atomic E-state index is 4.61. The number of nitrogens with zero attached hydrogens (tertiary/aromatic N) is 3. The average molecular weight is 342 g/mol. The van der Waals surface area contributed by atoms with Gasteiger partial charge < -0.3 is 4.90 Å². The minimum absolute atomic E-state index is 0.950. The Hall–Kier alpha value is -1.81. The second kappa shape index (κ2) is 9.48. The molecule has 0 radical (unpaired) electrons.